The Bertz CT molecular complexity index is 400. The Hall–Kier alpha value is -0.890. The van der Waals surface area contributed by atoms with E-state index in [2.05, 4.69) is 23.6 Å². The van der Waals surface area contributed by atoms with E-state index < -0.39 is 0 Å². The average molecular weight is 203 g/mol. The molecule has 1 nitrogen and oxygen atoms in total. The van der Waals surface area contributed by atoms with Gasteiger partial charge in [0.05, 0.1) is 6.54 Å². The van der Waals surface area contributed by atoms with Gasteiger partial charge in [0.1, 0.15) is 0 Å². The Balaban J connectivity index is 1.99. The summed E-state index contributed by atoms with van der Waals surface area (Å²) in [5.74, 6) is 0.694. The van der Waals surface area contributed by atoms with Crippen molar-refractivity contribution in [3.63, 3.8) is 0 Å². The summed E-state index contributed by atoms with van der Waals surface area (Å²) in [4.78, 5) is 6.25. The third-order valence-corrected chi connectivity index (χ3v) is 4.08. The zero-order valence-corrected chi connectivity index (χ0v) is 8.89. The van der Waals surface area contributed by atoms with Gasteiger partial charge in [0.25, 0.3) is 0 Å². The van der Waals surface area contributed by atoms with Gasteiger partial charge in [-0.1, -0.05) is 6.08 Å². The Kier molecular flexibility index (Phi) is 2.02. The van der Waals surface area contributed by atoms with E-state index in [1.807, 2.05) is 11.3 Å². The van der Waals surface area contributed by atoms with Crippen LogP contribution in [0.4, 0.5) is 0 Å². The molecule has 1 aromatic heterocycles. The fourth-order valence-electron chi connectivity index (χ4n) is 2.26. The smallest absolute Gasteiger partial charge is 0.0653 e. The molecular formula is C12H13NS. The minimum atomic E-state index is 0.694. The van der Waals surface area contributed by atoms with Crippen LogP contribution in [0.1, 0.15) is 23.3 Å². The van der Waals surface area contributed by atoms with Crippen LogP contribution in [-0.4, -0.2) is 5.71 Å². The van der Waals surface area contributed by atoms with Crippen molar-refractivity contribution < 1.29 is 0 Å². The summed E-state index contributed by atoms with van der Waals surface area (Å²) < 4.78 is 0. The van der Waals surface area contributed by atoms with Gasteiger partial charge in [-0.3, -0.25) is 4.99 Å². The van der Waals surface area contributed by atoms with Crippen LogP contribution in [0.15, 0.2) is 28.6 Å². The summed E-state index contributed by atoms with van der Waals surface area (Å²) in [5, 5.41) is 2.20. The Morgan fingerprint density at radius 3 is 3.43 bits per heavy atom. The number of thiophene rings is 1. The van der Waals surface area contributed by atoms with E-state index >= 15 is 0 Å². The Morgan fingerprint density at radius 2 is 2.43 bits per heavy atom. The van der Waals surface area contributed by atoms with Crippen molar-refractivity contribution in [1.29, 1.82) is 0 Å². The maximum atomic E-state index is 4.70. The normalized spacial score (nSPS) is 24.9. The highest BCUT2D eigenvalue weighted by Gasteiger charge is 2.21. The van der Waals surface area contributed by atoms with Gasteiger partial charge in [-0.2, -0.15) is 0 Å². The first-order chi connectivity index (χ1) is 6.93. The first kappa shape index (κ1) is 8.42. The molecular weight excluding hydrogens is 190 g/mol. The molecule has 72 valence electrons. The summed E-state index contributed by atoms with van der Waals surface area (Å²) in [6.07, 6.45) is 8.21. The third-order valence-electron chi connectivity index (χ3n) is 3.09. The quantitative estimate of drug-likeness (QED) is 0.614. The van der Waals surface area contributed by atoms with Crippen LogP contribution in [0.25, 0.3) is 0 Å². The molecule has 0 spiro atoms. The van der Waals surface area contributed by atoms with Crippen molar-refractivity contribution in [2.75, 3.05) is 0 Å². The third kappa shape index (κ3) is 1.34. The van der Waals surface area contributed by atoms with Gasteiger partial charge in [0.2, 0.25) is 0 Å². The maximum absolute atomic E-state index is 4.70. The number of nitrogens with zero attached hydrogens (tertiary/aromatic N) is 1. The molecule has 0 aromatic carbocycles. The Morgan fingerprint density at radius 1 is 1.43 bits per heavy atom. The largest absolute Gasteiger partial charge is 0.285 e. The van der Waals surface area contributed by atoms with Gasteiger partial charge in [-0.25, -0.2) is 0 Å². The lowest BCUT2D eigenvalue weighted by atomic mass is 9.89. The first-order valence-electron chi connectivity index (χ1n) is 5.19. The van der Waals surface area contributed by atoms with E-state index in [0.29, 0.717) is 5.92 Å². The van der Waals surface area contributed by atoms with Gasteiger partial charge in [-0.05, 0) is 42.3 Å². The fraction of sp³-hybridized carbons (Fsp3) is 0.417. The lowest BCUT2D eigenvalue weighted by molar-refractivity contribution is 0.629. The highest BCUT2D eigenvalue weighted by Crippen LogP contribution is 2.29. The van der Waals surface area contributed by atoms with Crippen LogP contribution in [0, 0.1) is 5.92 Å². The molecule has 2 heterocycles. The van der Waals surface area contributed by atoms with Gasteiger partial charge in [0.15, 0.2) is 0 Å². The van der Waals surface area contributed by atoms with E-state index in [0.717, 1.165) is 6.54 Å². The van der Waals surface area contributed by atoms with Crippen molar-refractivity contribution in [3.05, 3.63) is 34.0 Å². The van der Waals surface area contributed by atoms with Crippen molar-refractivity contribution >= 4 is 17.0 Å². The molecule has 1 aromatic rings. The summed E-state index contributed by atoms with van der Waals surface area (Å²) in [5.41, 5.74) is 2.78. The van der Waals surface area contributed by atoms with E-state index in [4.69, 9.17) is 4.99 Å². The summed E-state index contributed by atoms with van der Waals surface area (Å²) >= 11 is 1.90. The average Bonchev–Trinajstić information content (AvgIpc) is 2.58. The van der Waals surface area contributed by atoms with Crippen molar-refractivity contribution in [1.82, 2.24) is 0 Å². The SMILES string of the molecule is C1=CC2=NCc3ccsc3CC2CC1. The highest BCUT2D eigenvalue weighted by molar-refractivity contribution is 7.10. The van der Waals surface area contributed by atoms with E-state index in [-0.39, 0.29) is 0 Å². The molecule has 14 heavy (non-hydrogen) atoms. The van der Waals surface area contributed by atoms with E-state index in [9.17, 15) is 0 Å². The van der Waals surface area contributed by atoms with E-state index in [1.54, 1.807) is 4.88 Å². The minimum Gasteiger partial charge on any atom is -0.285 e. The van der Waals surface area contributed by atoms with Gasteiger partial charge in [-0.15, -0.1) is 11.3 Å². The predicted octanol–water partition coefficient (Wildman–Crippen LogP) is 3.21. The molecule has 2 aliphatic rings. The molecule has 0 amide bonds. The number of aliphatic imine (C=N–C) groups is 1. The van der Waals surface area contributed by atoms with Crippen LogP contribution in [0.2, 0.25) is 0 Å². The zero-order chi connectivity index (χ0) is 9.38. The predicted molar refractivity (Wildman–Crippen MR) is 61.0 cm³/mol. The molecule has 0 saturated carbocycles. The molecule has 1 aliphatic carbocycles. The zero-order valence-electron chi connectivity index (χ0n) is 8.07. The molecule has 0 fully saturated rings. The molecule has 1 aliphatic heterocycles. The molecule has 0 N–H and O–H groups in total. The summed E-state index contributed by atoms with van der Waals surface area (Å²) in [7, 11) is 0. The minimum absolute atomic E-state index is 0.694. The second-order valence-electron chi connectivity index (χ2n) is 3.99. The van der Waals surface area contributed by atoms with Crippen LogP contribution < -0.4 is 0 Å². The van der Waals surface area contributed by atoms with Gasteiger partial charge in [0, 0.05) is 16.5 Å². The van der Waals surface area contributed by atoms with Crippen LogP contribution in [0.3, 0.4) is 0 Å². The number of hydrogen-bond acceptors (Lipinski definition) is 2. The van der Waals surface area contributed by atoms with Gasteiger partial charge >= 0.3 is 0 Å². The standard InChI is InChI=1S/C12H13NS/c1-2-4-11-9(3-1)7-12-10(8-13-11)5-6-14-12/h2,4-6,9H,1,3,7-8H2. The highest BCUT2D eigenvalue weighted by atomic mass is 32.1. The second kappa shape index (κ2) is 3.35. The molecule has 3 rings (SSSR count). The van der Waals surface area contributed by atoms with Crippen molar-refractivity contribution in [2.24, 2.45) is 10.9 Å². The van der Waals surface area contributed by atoms with Crippen LogP contribution >= 0.6 is 11.3 Å². The lowest BCUT2D eigenvalue weighted by Crippen LogP contribution is -2.16. The number of fused-ring (bicyclic) bond motifs is 2. The molecule has 0 bridgehead atoms. The number of hydrogen-bond donors (Lipinski definition) is 0. The molecule has 1 unspecified atom stereocenters. The fourth-order valence-corrected chi connectivity index (χ4v) is 3.24. The Labute approximate surface area is 88.2 Å². The monoisotopic (exact) mass is 203 g/mol. The summed E-state index contributed by atoms with van der Waals surface area (Å²) in [6, 6.07) is 2.23. The van der Waals surface area contributed by atoms with Gasteiger partial charge < -0.3 is 0 Å². The number of rotatable bonds is 0. The molecule has 1 atom stereocenters. The van der Waals surface area contributed by atoms with Crippen molar-refractivity contribution in [3.8, 4) is 0 Å². The van der Waals surface area contributed by atoms with E-state index in [1.165, 1.54) is 30.5 Å². The molecule has 2 heteroatoms. The van der Waals surface area contributed by atoms with Crippen LogP contribution in [-0.2, 0) is 13.0 Å². The first-order valence-corrected chi connectivity index (χ1v) is 6.07. The molecule has 0 saturated heterocycles. The topological polar surface area (TPSA) is 12.4 Å². The number of allylic oxidation sites excluding steroid dienone is 2. The van der Waals surface area contributed by atoms with Crippen LogP contribution in [0.5, 0.6) is 0 Å². The summed E-state index contributed by atoms with van der Waals surface area (Å²) in [6.45, 7) is 0.898. The maximum Gasteiger partial charge on any atom is 0.0653 e. The molecule has 0 radical (unpaired) electrons. The van der Waals surface area contributed by atoms with Crippen molar-refractivity contribution in [2.45, 2.75) is 25.8 Å². The second-order valence-corrected chi connectivity index (χ2v) is 4.99. The lowest BCUT2D eigenvalue weighted by Gasteiger charge is -2.17.